The third kappa shape index (κ3) is 3.80. The van der Waals surface area contributed by atoms with E-state index in [0.29, 0.717) is 25.4 Å². The second kappa shape index (κ2) is 7.11. The molecule has 2 heterocycles. The van der Waals surface area contributed by atoms with Gasteiger partial charge in [0.25, 0.3) is 0 Å². The molecular weight excluding hydrogens is 309 g/mol. The smallest absolute Gasteiger partial charge is 0.229 e. The van der Waals surface area contributed by atoms with E-state index in [9.17, 15) is 9.18 Å². The van der Waals surface area contributed by atoms with Crippen molar-refractivity contribution in [2.75, 3.05) is 13.1 Å². The number of hydrogen-bond donors (Lipinski definition) is 0. The molecule has 128 valence electrons. The van der Waals surface area contributed by atoms with Gasteiger partial charge in [-0.1, -0.05) is 31.1 Å². The number of likely N-dealkylation sites (tertiary alicyclic amines) is 1. The fourth-order valence-corrected chi connectivity index (χ4v) is 2.91. The van der Waals surface area contributed by atoms with Crippen LogP contribution in [0.25, 0.3) is 0 Å². The van der Waals surface area contributed by atoms with Crippen LogP contribution in [0.1, 0.15) is 55.8 Å². The average Bonchev–Trinajstić information content (AvgIpc) is 3.07. The minimum Gasteiger partial charge on any atom is -0.342 e. The Morgan fingerprint density at radius 2 is 1.96 bits per heavy atom. The molecule has 1 aromatic carbocycles. The normalized spacial score (nSPS) is 15.9. The van der Waals surface area contributed by atoms with E-state index in [4.69, 9.17) is 4.52 Å². The van der Waals surface area contributed by atoms with Crippen molar-refractivity contribution >= 4 is 5.91 Å². The highest BCUT2D eigenvalue weighted by atomic mass is 19.1. The number of piperidine rings is 1. The summed E-state index contributed by atoms with van der Waals surface area (Å²) in [5, 5.41) is 4.01. The van der Waals surface area contributed by atoms with Crippen molar-refractivity contribution in [1.29, 1.82) is 0 Å². The van der Waals surface area contributed by atoms with Gasteiger partial charge in [-0.3, -0.25) is 4.79 Å². The van der Waals surface area contributed by atoms with Crippen LogP contribution < -0.4 is 0 Å². The summed E-state index contributed by atoms with van der Waals surface area (Å²) < 4.78 is 18.3. The Kier molecular flexibility index (Phi) is 4.92. The molecule has 1 fully saturated rings. The molecule has 1 saturated heterocycles. The summed E-state index contributed by atoms with van der Waals surface area (Å²) in [6.07, 6.45) is 1.97. The van der Waals surface area contributed by atoms with E-state index in [1.807, 2.05) is 18.7 Å². The van der Waals surface area contributed by atoms with Gasteiger partial charge < -0.3 is 9.42 Å². The molecule has 1 aliphatic rings. The van der Waals surface area contributed by atoms with Crippen LogP contribution in [0, 0.1) is 5.82 Å². The summed E-state index contributed by atoms with van der Waals surface area (Å²) in [6.45, 7) is 5.44. The molecule has 0 N–H and O–H groups in total. The number of carbonyl (C=O) groups is 1. The molecule has 5 nitrogen and oxygen atoms in total. The van der Waals surface area contributed by atoms with Crippen LogP contribution in [0.4, 0.5) is 4.39 Å². The molecule has 24 heavy (non-hydrogen) atoms. The SMILES string of the molecule is CC(C)c1noc(C2CCN(C(=O)Cc3ccc(F)cc3)CC2)n1. The Bertz CT molecular complexity index is 689. The zero-order valence-corrected chi connectivity index (χ0v) is 14.0. The highest BCUT2D eigenvalue weighted by Crippen LogP contribution is 2.28. The lowest BCUT2D eigenvalue weighted by atomic mass is 9.96. The third-order valence-electron chi connectivity index (χ3n) is 4.44. The first-order valence-electron chi connectivity index (χ1n) is 8.38. The molecule has 0 radical (unpaired) electrons. The first-order chi connectivity index (χ1) is 11.5. The molecule has 0 unspecified atom stereocenters. The summed E-state index contributed by atoms with van der Waals surface area (Å²) in [7, 11) is 0. The van der Waals surface area contributed by atoms with Crippen LogP contribution in [0.15, 0.2) is 28.8 Å². The molecule has 2 aromatic rings. The fourth-order valence-electron chi connectivity index (χ4n) is 2.91. The molecule has 1 aliphatic heterocycles. The highest BCUT2D eigenvalue weighted by Gasteiger charge is 2.27. The van der Waals surface area contributed by atoms with Gasteiger partial charge in [0.2, 0.25) is 11.8 Å². The Labute approximate surface area is 140 Å². The van der Waals surface area contributed by atoms with Gasteiger partial charge in [-0.15, -0.1) is 0 Å². The van der Waals surface area contributed by atoms with E-state index in [2.05, 4.69) is 10.1 Å². The molecular formula is C18H22FN3O2. The largest absolute Gasteiger partial charge is 0.342 e. The minimum absolute atomic E-state index is 0.0773. The van der Waals surface area contributed by atoms with Crippen LogP contribution in [-0.4, -0.2) is 34.0 Å². The monoisotopic (exact) mass is 331 g/mol. The number of aromatic nitrogens is 2. The Morgan fingerprint density at radius 1 is 1.29 bits per heavy atom. The number of hydrogen-bond acceptors (Lipinski definition) is 4. The summed E-state index contributed by atoms with van der Waals surface area (Å²) in [5.41, 5.74) is 0.835. The van der Waals surface area contributed by atoms with Crippen molar-refractivity contribution in [3.05, 3.63) is 47.4 Å². The van der Waals surface area contributed by atoms with Gasteiger partial charge in [0.1, 0.15) is 5.82 Å². The van der Waals surface area contributed by atoms with Crippen molar-refractivity contribution in [3.63, 3.8) is 0 Å². The number of halogens is 1. The van der Waals surface area contributed by atoms with E-state index in [1.54, 1.807) is 12.1 Å². The quantitative estimate of drug-likeness (QED) is 0.863. The van der Waals surface area contributed by atoms with Gasteiger partial charge in [0.05, 0.1) is 6.42 Å². The van der Waals surface area contributed by atoms with Crippen molar-refractivity contribution in [3.8, 4) is 0 Å². The third-order valence-corrected chi connectivity index (χ3v) is 4.44. The minimum atomic E-state index is -0.285. The van der Waals surface area contributed by atoms with Gasteiger partial charge in [-0.2, -0.15) is 4.98 Å². The number of carbonyl (C=O) groups excluding carboxylic acids is 1. The second-order valence-electron chi connectivity index (χ2n) is 6.60. The zero-order valence-electron chi connectivity index (χ0n) is 14.0. The van der Waals surface area contributed by atoms with Crippen molar-refractivity contribution in [1.82, 2.24) is 15.0 Å². The molecule has 0 saturated carbocycles. The fraction of sp³-hybridized carbons (Fsp3) is 0.500. The second-order valence-corrected chi connectivity index (χ2v) is 6.60. The van der Waals surface area contributed by atoms with E-state index < -0.39 is 0 Å². The van der Waals surface area contributed by atoms with Gasteiger partial charge in [0.15, 0.2) is 5.82 Å². The molecule has 0 atom stereocenters. The highest BCUT2D eigenvalue weighted by molar-refractivity contribution is 5.78. The molecule has 0 bridgehead atoms. The molecule has 1 aromatic heterocycles. The van der Waals surface area contributed by atoms with E-state index in [0.717, 1.165) is 24.2 Å². The summed E-state index contributed by atoms with van der Waals surface area (Å²) >= 11 is 0. The predicted octanol–water partition coefficient (Wildman–Crippen LogP) is 3.28. The van der Waals surface area contributed by atoms with Crippen LogP contribution in [-0.2, 0) is 11.2 Å². The lowest BCUT2D eigenvalue weighted by molar-refractivity contribution is -0.131. The predicted molar refractivity (Wildman–Crippen MR) is 87.0 cm³/mol. The maximum absolute atomic E-state index is 12.9. The van der Waals surface area contributed by atoms with Crippen LogP contribution in [0.2, 0.25) is 0 Å². The first-order valence-corrected chi connectivity index (χ1v) is 8.38. The van der Waals surface area contributed by atoms with Gasteiger partial charge >= 0.3 is 0 Å². The van der Waals surface area contributed by atoms with Gasteiger partial charge in [0, 0.05) is 24.9 Å². The number of nitrogens with zero attached hydrogens (tertiary/aromatic N) is 3. The van der Waals surface area contributed by atoms with E-state index in [1.165, 1.54) is 12.1 Å². The summed E-state index contributed by atoms with van der Waals surface area (Å²) in [5.74, 6) is 1.68. The topological polar surface area (TPSA) is 59.2 Å². The lowest BCUT2D eigenvalue weighted by Crippen LogP contribution is -2.38. The van der Waals surface area contributed by atoms with Crippen molar-refractivity contribution < 1.29 is 13.7 Å². The summed E-state index contributed by atoms with van der Waals surface area (Å²) in [4.78, 5) is 18.7. The standard InChI is InChI=1S/C18H22FN3O2/c1-12(2)17-20-18(24-21-17)14-7-9-22(10-8-14)16(23)11-13-3-5-15(19)6-4-13/h3-6,12,14H,7-11H2,1-2H3. The van der Waals surface area contributed by atoms with Gasteiger partial charge in [-0.05, 0) is 30.5 Å². The van der Waals surface area contributed by atoms with Crippen molar-refractivity contribution in [2.24, 2.45) is 0 Å². The lowest BCUT2D eigenvalue weighted by Gasteiger charge is -2.30. The van der Waals surface area contributed by atoms with E-state index in [-0.39, 0.29) is 23.6 Å². The summed E-state index contributed by atoms with van der Waals surface area (Å²) in [6, 6.07) is 6.09. The molecule has 6 heteroatoms. The van der Waals surface area contributed by atoms with Crippen molar-refractivity contribution in [2.45, 2.75) is 44.9 Å². The van der Waals surface area contributed by atoms with Crippen LogP contribution >= 0.6 is 0 Å². The van der Waals surface area contributed by atoms with Crippen LogP contribution in [0.5, 0.6) is 0 Å². The molecule has 3 rings (SSSR count). The Morgan fingerprint density at radius 3 is 2.54 bits per heavy atom. The maximum atomic E-state index is 12.9. The van der Waals surface area contributed by atoms with Crippen LogP contribution in [0.3, 0.4) is 0 Å². The zero-order chi connectivity index (χ0) is 17.1. The maximum Gasteiger partial charge on any atom is 0.229 e. The molecule has 1 amide bonds. The Hall–Kier alpha value is -2.24. The molecule has 0 spiro atoms. The number of benzene rings is 1. The van der Waals surface area contributed by atoms with Gasteiger partial charge in [-0.25, -0.2) is 4.39 Å². The average molecular weight is 331 g/mol. The van der Waals surface area contributed by atoms with E-state index >= 15 is 0 Å². The first kappa shape index (κ1) is 16.6. The number of amides is 1. The Balaban J connectivity index is 1.54. The number of rotatable bonds is 4. The molecule has 0 aliphatic carbocycles.